The molecule has 4 aliphatic rings. The van der Waals surface area contributed by atoms with E-state index in [1.54, 1.807) is 53.0 Å². The summed E-state index contributed by atoms with van der Waals surface area (Å²) in [6, 6.07) is 1.75. The predicted molar refractivity (Wildman–Crippen MR) is 147 cm³/mol. The molecule has 10 heteroatoms. The lowest BCUT2D eigenvalue weighted by atomic mass is 9.39. The number of fused-ring (bicyclic) bond motifs is 6. The first-order valence-corrected chi connectivity index (χ1v) is 14.4. The number of allylic oxidation sites excluding steroid dienone is 2. The molecule has 0 amide bonds. The Morgan fingerprint density at radius 1 is 1.17 bits per heavy atom. The minimum absolute atomic E-state index is 0.0171. The smallest absolute Gasteiger partial charge is 0.335 e. The van der Waals surface area contributed by atoms with Crippen LogP contribution in [0.3, 0.4) is 0 Å². The molecule has 0 spiro atoms. The van der Waals surface area contributed by atoms with Gasteiger partial charge in [-0.2, -0.15) is 0 Å². The summed E-state index contributed by atoms with van der Waals surface area (Å²) >= 11 is 0. The highest BCUT2D eigenvalue weighted by atomic mass is 16.6. The number of methoxy groups -OCH3 is 1. The van der Waals surface area contributed by atoms with Gasteiger partial charge in [-0.1, -0.05) is 39.3 Å². The molecule has 10 nitrogen and oxygen atoms in total. The maximum atomic E-state index is 14.5. The van der Waals surface area contributed by atoms with Crippen LogP contribution >= 0.6 is 0 Å². The largest absolute Gasteiger partial charge is 0.472 e. The van der Waals surface area contributed by atoms with Gasteiger partial charge in [0.05, 0.1) is 26.1 Å². The number of aliphatic hydroxyl groups excluding tert-OH is 1. The van der Waals surface area contributed by atoms with Crippen LogP contribution in [0.2, 0.25) is 0 Å². The number of carbonyl (C=O) groups is 4. The second-order valence-electron chi connectivity index (χ2n) is 13.4. The van der Waals surface area contributed by atoms with Crippen LogP contribution in [0, 0.1) is 34.0 Å². The Bertz CT molecular complexity index is 1370. The number of ether oxygens (including phenoxy) is 3. The highest BCUT2D eigenvalue weighted by Gasteiger charge is 2.75. The van der Waals surface area contributed by atoms with E-state index in [9.17, 15) is 29.4 Å². The first kappa shape index (κ1) is 30.2. The molecule has 42 heavy (non-hydrogen) atoms. The molecule has 2 saturated carbocycles. The minimum Gasteiger partial charge on any atom is -0.472 e. The molecule has 1 saturated heterocycles. The van der Waals surface area contributed by atoms with Gasteiger partial charge in [-0.15, -0.1) is 0 Å². The van der Waals surface area contributed by atoms with Crippen molar-refractivity contribution < 1.29 is 48.0 Å². The number of rotatable bonds is 5. The first-order chi connectivity index (χ1) is 19.6. The summed E-state index contributed by atoms with van der Waals surface area (Å²) < 4.78 is 22.0. The quantitative estimate of drug-likeness (QED) is 0.227. The second kappa shape index (κ2) is 9.91. The number of esters is 3. The highest BCUT2D eigenvalue weighted by molar-refractivity contribution is 6.00. The van der Waals surface area contributed by atoms with Gasteiger partial charge < -0.3 is 28.8 Å². The minimum atomic E-state index is -2.29. The Morgan fingerprint density at radius 2 is 1.86 bits per heavy atom. The molecule has 228 valence electrons. The SMILES string of the molecule is CC=C(C)C(=O)O[C@H]1C(C)(C)[C@H]([C@@H](O)C(=O)OC)[C@]2(C)C(=O)[C@@]1(O)C=C1[C@@H]3CC(=O)O[C@@H](c4ccoc4)[C@]3(C)CC[C@@H]12. The zero-order valence-electron chi connectivity index (χ0n) is 25.1. The van der Waals surface area contributed by atoms with Gasteiger partial charge in [0.25, 0.3) is 0 Å². The van der Waals surface area contributed by atoms with E-state index in [0.29, 0.717) is 24.0 Å². The van der Waals surface area contributed by atoms with E-state index in [2.05, 4.69) is 0 Å². The second-order valence-corrected chi connectivity index (χ2v) is 13.4. The molecule has 3 aliphatic carbocycles. The summed E-state index contributed by atoms with van der Waals surface area (Å²) in [6.07, 6.45) is 3.32. The first-order valence-electron chi connectivity index (χ1n) is 14.4. The van der Waals surface area contributed by atoms with Crippen LogP contribution in [0.15, 0.2) is 46.3 Å². The van der Waals surface area contributed by atoms with E-state index in [4.69, 9.17) is 18.6 Å². The maximum Gasteiger partial charge on any atom is 0.335 e. The normalized spacial score (nSPS) is 39.7. The Balaban J connectivity index is 1.73. The monoisotopic (exact) mass is 584 g/mol. The van der Waals surface area contributed by atoms with Crippen molar-refractivity contribution in [2.24, 2.45) is 34.0 Å². The fourth-order valence-corrected chi connectivity index (χ4v) is 8.80. The molecule has 1 aliphatic heterocycles. The van der Waals surface area contributed by atoms with Crippen LogP contribution in [0.1, 0.15) is 72.5 Å². The number of aliphatic hydroxyl groups is 2. The number of Topliss-reactive ketones (excluding diaryl/α,β-unsaturated/α-hetero) is 1. The van der Waals surface area contributed by atoms with Gasteiger partial charge in [-0.25, -0.2) is 9.59 Å². The molecule has 2 bridgehead atoms. The van der Waals surface area contributed by atoms with Crippen molar-refractivity contribution in [1.29, 1.82) is 0 Å². The molecule has 0 aromatic carbocycles. The van der Waals surface area contributed by atoms with Crippen LogP contribution < -0.4 is 0 Å². The molecule has 0 radical (unpaired) electrons. The molecule has 2 heterocycles. The number of hydrogen-bond acceptors (Lipinski definition) is 10. The summed E-state index contributed by atoms with van der Waals surface area (Å²) in [5.74, 6) is -4.80. The average Bonchev–Trinajstić information content (AvgIpc) is 3.47. The van der Waals surface area contributed by atoms with E-state index in [-0.39, 0.29) is 12.0 Å². The Hall–Kier alpha value is -3.24. The molecule has 1 aromatic rings. The molecular weight excluding hydrogens is 544 g/mol. The number of ketones is 1. The maximum absolute atomic E-state index is 14.5. The van der Waals surface area contributed by atoms with Gasteiger partial charge in [0, 0.05) is 33.3 Å². The Morgan fingerprint density at radius 3 is 2.45 bits per heavy atom. The molecular formula is C32H40O10. The fourth-order valence-electron chi connectivity index (χ4n) is 8.80. The van der Waals surface area contributed by atoms with E-state index >= 15 is 0 Å². The van der Waals surface area contributed by atoms with Gasteiger partial charge in [0.1, 0.15) is 12.2 Å². The fraction of sp³-hybridized carbons (Fsp3) is 0.625. The topological polar surface area (TPSA) is 150 Å². The third-order valence-electron chi connectivity index (χ3n) is 10.9. The van der Waals surface area contributed by atoms with Gasteiger partial charge >= 0.3 is 17.9 Å². The van der Waals surface area contributed by atoms with E-state index in [0.717, 1.165) is 7.11 Å². The van der Waals surface area contributed by atoms with Crippen LogP contribution in [0.4, 0.5) is 0 Å². The zero-order chi connectivity index (χ0) is 31.0. The van der Waals surface area contributed by atoms with Crippen molar-refractivity contribution in [3.63, 3.8) is 0 Å². The molecule has 0 unspecified atom stereocenters. The van der Waals surface area contributed by atoms with Crippen molar-refractivity contribution in [3.05, 3.63) is 47.5 Å². The van der Waals surface area contributed by atoms with Gasteiger partial charge in [-0.05, 0) is 50.7 Å². The Kier molecular flexibility index (Phi) is 7.13. The van der Waals surface area contributed by atoms with Crippen molar-refractivity contribution in [3.8, 4) is 0 Å². The third kappa shape index (κ3) is 3.97. The standard InChI is InChI=1S/C32H40O10/c1-8-16(2)25(35)42-28-29(3,4)23(22(34)26(36)39-7)31(6)19-9-11-30(5)20(18(19)14-32(28,38)27(31)37)13-21(33)41-24(30)17-10-12-40-15-17/h8,10,12,14-15,19-20,22-24,28,34,38H,9,11,13H2,1-7H3/t19-,20-,22+,23-,24-,28-,30+,31+,32-/m0/s1. The van der Waals surface area contributed by atoms with Crippen LogP contribution in [-0.2, 0) is 33.4 Å². The Labute approximate surface area is 245 Å². The lowest BCUT2D eigenvalue weighted by Gasteiger charge is -2.66. The summed E-state index contributed by atoms with van der Waals surface area (Å²) in [5.41, 5.74) is -4.00. The van der Waals surface area contributed by atoms with E-state index < -0.39 is 81.6 Å². The van der Waals surface area contributed by atoms with E-state index in [1.807, 2.05) is 6.92 Å². The highest BCUT2D eigenvalue weighted by Crippen LogP contribution is 2.69. The van der Waals surface area contributed by atoms with Gasteiger partial charge in [0.15, 0.2) is 17.5 Å². The average molecular weight is 585 g/mol. The molecule has 1 aromatic heterocycles. The van der Waals surface area contributed by atoms with Crippen molar-refractivity contribution in [1.82, 2.24) is 0 Å². The molecule has 9 atom stereocenters. The summed E-state index contributed by atoms with van der Waals surface area (Å²) in [7, 11) is 1.15. The lowest BCUT2D eigenvalue weighted by molar-refractivity contribution is -0.235. The van der Waals surface area contributed by atoms with Crippen molar-refractivity contribution >= 4 is 23.7 Å². The third-order valence-corrected chi connectivity index (χ3v) is 10.9. The van der Waals surface area contributed by atoms with Crippen molar-refractivity contribution in [2.75, 3.05) is 7.11 Å². The summed E-state index contributed by atoms with van der Waals surface area (Å²) in [4.78, 5) is 53.6. The number of furan rings is 1. The van der Waals surface area contributed by atoms with Crippen molar-refractivity contribution in [2.45, 2.75) is 84.7 Å². The van der Waals surface area contributed by atoms with E-state index in [1.165, 1.54) is 12.3 Å². The number of cyclic esters (lactones) is 1. The summed E-state index contributed by atoms with van der Waals surface area (Å²) in [6.45, 7) is 10.3. The molecule has 5 rings (SSSR count). The zero-order valence-corrected chi connectivity index (χ0v) is 25.1. The molecule has 2 N–H and O–H groups in total. The van der Waals surface area contributed by atoms with Crippen LogP contribution in [-0.4, -0.2) is 58.8 Å². The summed E-state index contributed by atoms with van der Waals surface area (Å²) in [5, 5.41) is 23.9. The van der Waals surface area contributed by atoms with Gasteiger partial charge in [-0.3, -0.25) is 9.59 Å². The lowest BCUT2D eigenvalue weighted by Crippen LogP contribution is -2.76. The predicted octanol–water partition coefficient (Wildman–Crippen LogP) is 3.61. The van der Waals surface area contributed by atoms with Crippen LogP contribution in [0.25, 0.3) is 0 Å². The number of carbonyl (C=O) groups excluding carboxylic acids is 4. The van der Waals surface area contributed by atoms with Gasteiger partial charge in [0.2, 0.25) is 0 Å². The number of hydrogen-bond donors (Lipinski definition) is 2. The molecule has 3 fully saturated rings. The van der Waals surface area contributed by atoms with Crippen LogP contribution in [0.5, 0.6) is 0 Å².